The fraction of sp³-hybridized carbons (Fsp3) is 0.652. The molecule has 0 atom stereocenters. The fourth-order valence-electron chi connectivity index (χ4n) is 5.03. The van der Waals surface area contributed by atoms with Gasteiger partial charge in [0.2, 0.25) is 5.91 Å². The fourth-order valence-corrected chi connectivity index (χ4v) is 6.49. The molecule has 1 aromatic carbocycles. The molecule has 2 heterocycles. The molecule has 2 aliphatic heterocycles. The average molecular weight is 401 g/mol. The Morgan fingerprint density at radius 3 is 2.36 bits per heavy atom. The number of carbonyl (C=O) groups excluding carboxylic acids is 2. The van der Waals surface area contributed by atoms with Crippen LogP contribution in [-0.4, -0.2) is 51.9 Å². The second-order valence-corrected chi connectivity index (χ2v) is 9.92. The second-order valence-electron chi connectivity index (χ2n) is 8.46. The summed E-state index contributed by atoms with van der Waals surface area (Å²) in [7, 11) is 0. The summed E-state index contributed by atoms with van der Waals surface area (Å²) >= 11 is 1.95. The Morgan fingerprint density at radius 1 is 1.04 bits per heavy atom. The van der Waals surface area contributed by atoms with Crippen molar-refractivity contribution >= 4 is 23.6 Å². The van der Waals surface area contributed by atoms with Crippen LogP contribution in [-0.2, 0) is 11.2 Å². The molecule has 4 rings (SSSR count). The third-order valence-corrected chi connectivity index (χ3v) is 8.39. The van der Waals surface area contributed by atoms with Crippen molar-refractivity contribution in [1.29, 1.82) is 0 Å². The lowest BCUT2D eigenvalue weighted by molar-refractivity contribution is -0.140. The maximum atomic E-state index is 13.2. The highest BCUT2D eigenvalue weighted by Crippen LogP contribution is 2.45. The molecule has 3 aliphatic rings. The third kappa shape index (κ3) is 3.83. The molecule has 0 bridgehead atoms. The monoisotopic (exact) mass is 400 g/mol. The lowest BCUT2D eigenvalue weighted by atomic mass is 9.87. The molecule has 2 saturated heterocycles. The van der Waals surface area contributed by atoms with Crippen LogP contribution in [0.25, 0.3) is 0 Å². The molecule has 1 saturated carbocycles. The number of aryl methyl sites for hydroxylation is 1. The second kappa shape index (κ2) is 8.48. The van der Waals surface area contributed by atoms with Crippen molar-refractivity contribution in [3.8, 4) is 0 Å². The zero-order valence-electron chi connectivity index (χ0n) is 17.0. The Kier molecular flexibility index (Phi) is 6.00. The molecule has 4 nitrogen and oxygen atoms in total. The quantitative estimate of drug-likeness (QED) is 0.758. The molecule has 152 valence electrons. The first-order chi connectivity index (χ1) is 13.6. The van der Waals surface area contributed by atoms with Crippen molar-refractivity contribution in [3.05, 3.63) is 35.4 Å². The van der Waals surface area contributed by atoms with E-state index in [9.17, 15) is 9.59 Å². The molecular formula is C23H32N2O2S. The van der Waals surface area contributed by atoms with E-state index in [4.69, 9.17) is 0 Å². The molecular weight excluding hydrogens is 368 g/mol. The summed E-state index contributed by atoms with van der Waals surface area (Å²) in [5.41, 5.74) is 2.04. The van der Waals surface area contributed by atoms with Gasteiger partial charge in [-0.2, -0.15) is 0 Å². The lowest BCUT2D eigenvalue weighted by Crippen LogP contribution is -2.55. The lowest BCUT2D eigenvalue weighted by Gasteiger charge is -2.45. The Balaban J connectivity index is 1.40. The summed E-state index contributed by atoms with van der Waals surface area (Å²) in [5.74, 6) is 1.79. The maximum absolute atomic E-state index is 13.2. The van der Waals surface area contributed by atoms with Crippen LogP contribution >= 0.6 is 11.8 Å². The van der Waals surface area contributed by atoms with Gasteiger partial charge in [-0.1, -0.05) is 38.3 Å². The highest BCUT2D eigenvalue weighted by atomic mass is 32.2. The number of amides is 2. The molecule has 5 heteroatoms. The number of likely N-dealkylation sites (tertiary alicyclic amines) is 1. The van der Waals surface area contributed by atoms with Crippen molar-refractivity contribution in [2.45, 2.75) is 63.2 Å². The highest BCUT2D eigenvalue weighted by Gasteiger charge is 2.48. The summed E-state index contributed by atoms with van der Waals surface area (Å²) in [6, 6.07) is 8.01. The number of carbonyl (C=O) groups is 2. The SMILES string of the molecule is CCc1ccc(C(=O)N2CCC3(CC2)SCCN3C(=O)C2CCCCC2)cc1. The number of thioether (sulfide) groups is 1. The maximum Gasteiger partial charge on any atom is 0.253 e. The first kappa shape index (κ1) is 19.8. The third-order valence-electron chi connectivity index (χ3n) is 6.84. The number of piperidine rings is 1. The van der Waals surface area contributed by atoms with Gasteiger partial charge in [-0.25, -0.2) is 0 Å². The van der Waals surface area contributed by atoms with Crippen molar-refractivity contribution in [3.63, 3.8) is 0 Å². The first-order valence-electron chi connectivity index (χ1n) is 11.0. The van der Waals surface area contributed by atoms with Gasteiger partial charge in [-0.05, 0) is 49.8 Å². The zero-order chi connectivity index (χ0) is 19.6. The van der Waals surface area contributed by atoms with Crippen LogP contribution in [0.5, 0.6) is 0 Å². The standard InChI is InChI=1S/C23H32N2O2S/c1-2-18-8-10-20(11-9-18)21(26)24-14-12-23(13-15-24)25(16-17-28-23)22(27)19-6-4-3-5-7-19/h8-11,19H,2-7,12-17H2,1H3. The topological polar surface area (TPSA) is 40.6 Å². The van der Waals surface area contributed by atoms with Crippen molar-refractivity contribution < 1.29 is 9.59 Å². The molecule has 28 heavy (non-hydrogen) atoms. The number of hydrogen-bond donors (Lipinski definition) is 0. The van der Waals surface area contributed by atoms with Crippen LogP contribution in [0.1, 0.15) is 67.8 Å². The van der Waals surface area contributed by atoms with E-state index in [1.54, 1.807) is 0 Å². The molecule has 2 amide bonds. The smallest absolute Gasteiger partial charge is 0.253 e. The number of rotatable bonds is 3. The Bertz CT molecular complexity index is 704. The van der Waals surface area contributed by atoms with E-state index < -0.39 is 0 Å². The Labute approximate surface area is 173 Å². The molecule has 1 spiro atoms. The zero-order valence-corrected chi connectivity index (χ0v) is 17.8. The van der Waals surface area contributed by atoms with Crippen LogP contribution in [0.4, 0.5) is 0 Å². The predicted octanol–water partition coefficient (Wildman–Crippen LogP) is 4.34. The van der Waals surface area contributed by atoms with E-state index in [1.165, 1.54) is 24.8 Å². The molecule has 1 aromatic rings. The van der Waals surface area contributed by atoms with Crippen LogP contribution in [0.3, 0.4) is 0 Å². The van der Waals surface area contributed by atoms with Gasteiger partial charge < -0.3 is 9.80 Å². The largest absolute Gasteiger partial charge is 0.338 e. The van der Waals surface area contributed by atoms with Gasteiger partial charge in [-0.3, -0.25) is 9.59 Å². The average Bonchev–Trinajstić information content (AvgIpc) is 3.17. The van der Waals surface area contributed by atoms with E-state index in [1.807, 2.05) is 28.8 Å². The van der Waals surface area contributed by atoms with Gasteiger partial charge in [0.25, 0.3) is 5.91 Å². The molecule has 3 fully saturated rings. The van der Waals surface area contributed by atoms with Gasteiger partial charge in [-0.15, -0.1) is 11.8 Å². The minimum atomic E-state index is -0.0720. The van der Waals surface area contributed by atoms with Crippen LogP contribution in [0, 0.1) is 5.92 Å². The minimum absolute atomic E-state index is 0.0720. The first-order valence-corrected chi connectivity index (χ1v) is 12.0. The van der Waals surface area contributed by atoms with Crippen molar-refractivity contribution in [1.82, 2.24) is 9.80 Å². The molecule has 0 radical (unpaired) electrons. The number of nitrogens with zero attached hydrogens (tertiary/aromatic N) is 2. The van der Waals surface area contributed by atoms with Gasteiger partial charge in [0.15, 0.2) is 0 Å². The summed E-state index contributed by atoms with van der Waals surface area (Å²) in [5, 5.41) is 0. The molecule has 0 aromatic heterocycles. The summed E-state index contributed by atoms with van der Waals surface area (Å²) in [4.78, 5) is 30.2. The highest BCUT2D eigenvalue weighted by molar-refractivity contribution is 8.00. The normalized spacial score (nSPS) is 22.6. The summed E-state index contributed by atoms with van der Waals surface area (Å²) < 4.78 is 0. The number of hydrogen-bond acceptors (Lipinski definition) is 3. The molecule has 0 N–H and O–H groups in total. The number of benzene rings is 1. The minimum Gasteiger partial charge on any atom is -0.338 e. The Hall–Kier alpha value is -1.49. The Morgan fingerprint density at radius 2 is 1.71 bits per heavy atom. The van der Waals surface area contributed by atoms with Gasteiger partial charge in [0, 0.05) is 36.9 Å². The van der Waals surface area contributed by atoms with E-state index in [-0.39, 0.29) is 16.7 Å². The van der Waals surface area contributed by atoms with Gasteiger partial charge >= 0.3 is 0 Å². The summed E-state index contributed by atoms with van der Waals surface area (Å²) in [6.07, 6.45) is 8.59. The molecule has 0 unspecified atom stereocenters. The van der Waals surface area contributed by atoms with Gasteiger partial charge in [0.05, 0.1) is 4.87 Å². The van der Waals surface area contributed by atoms with Gasteiger partial charge in [0.1, 0.15) is 0 Å². The predicted molar refractivity (Wildman–Crippen MR) is 114 cm³/mol. The van der Waals surface area contributed by atoms with Crippen LogP contribution < -0.4 is 0 Å². The van der Waals surface area contributed by atoms with E-state index in [2.05, 4.69) is 24.0 Å². The van der Waals surface area contributed by atoms with Crippen molar-refractivity contribution in [2.24, 2.45) is 5.92 Å². The van der Waals surface area contributed by atoms with Crippen molar-refractivity contribution in [2.75, 3.05) is 25.4 Å². The van der Waals surface area contributed by atoms with E-state index >= 15 is 0 Å². The van der Waals surface area contributed by atoms with Crippen LogP contribution in [0.2, 0.25) is 0 Å². The van der Waals surface area contributed by atoms with E-state index in [0.717, 1.165) is 63.1 Å². The van der Waals surface area contributed by atoms with E-state index in [0.29, 0.717) is 5.91 Å². The molecule has 1 aliphatic carbocycles. The summed E-state index contributed by atoms with van der Waals surface area (Å²) in [6.45, 7) is 4.50. The van der Waals surface area contributed by atoms with Crippen LogP contribution in [0.15, 0.2) is 24.3 Å².